The van der Waals surface area contributed by atoms with Crippen molar-refractivity contribution < 1.29 is 9.53 Å². The van der Waals surface area contributed by atoms with Gasteiger partial charge in [-0.15, -0.1) is 0 Å². The minimum atomic E-state index is -0.397. The number of ether oxygens (including phenoxy) is 1. The van der Waals surface area contributed by atoms with Gasteiger partial charge in [0, 0.05) is 0 Å². The van der Waals surface area contributed by atoms with Crippen molar-refractivity contribution in [1.29, 1.82) is 0 Å². The molecule has 3 rings (SSSR count). The summed E-state index contributed by atoms with van der Waals surface area (Å²) < 4.78 is 5.97. The number of carbonyl (C=O) groups excluding carboxylic acids is 1. The fourth-order valence-electron chi connectivity index (χ4n) is 3.31. The summed E-state index contributed by atoms with van der Waals surface area (Å²) in [5, 5.41) is 3.03. The molecule has 0 spiro atoms. The van der Waals surface area contributed by atoms with Crippen molar-refractivity contribution in [3.05, 3.63) is 34.2 Å². The first kappa shape index (κ1) is 16.8. The van der Waals surface area contributed by atoms with Crippen molar-refractivity contribution in [3.8, 4) is 0 Å². The van der Waals surface area contributed by atoms with E-state index >= 15 is 0 Å². The molecule has 1 aliphatic carbocycles. The number of rotatable bonds is 6. The van der Waals surface area contributed by atoms with Crippen LogP contribution >= 0.6 is 0 Å². The molecule has 1 aromatic heterocycles. The molecule has 0 radical (unpaired) electrons. The van der Waals surface area contributed by atoms with E-state index in [9.17, 15) is 9.59 Å². The Morgan fingerprint density at radius 1 is 1.29 bits per heavy atom. The van der Waals surface area contributed by atoms with E-state index in [2.05, 4.69) is 15.3 Å². The van der Waals surface area contributed by atoms with Crippen LogP contribution in [-0.2, 0) is 9.53 Å². The number of hydrogen-bond donors (Lipinski definition) is 3. The minimum Gasteiger partial charge on any atom is -0.365 e. The van der Waals surface area contributed by atoms with Crippen molar-refractivity contribution in [2.45, 2.75) is 64.2 Å². The molecule has 0 bridgehead atoms. The molecule has 3 N–H and O–H groups in total. The summed E-state index contributed by atoms with van der Waals surface area (Å²) >= 11 is 0. The van der Waals surface area contributed by atoms with E-state index in [0.717, 1.165) is 29.4 Å². The van der Waals surface area contributed by atoms with Crippen LogP contribution in [0.5, 0.6) is 0 Å². The summed E-state index contributed by atoms with van der Waals surface area (Å²) in [4.78, 5) is 29.3. The number of aromatic amines is 2. The second kappa shape index (κ2) is 7.21. The van der Waals surface area contributed by atoms with Crippen LogP contribution in [0.1, 0.15) is 57.6 Å². The number of H-pyrrole nitrogens is 2. The number of amides is 1. The first-order valence-corrected chi connectivity index (χ1v) is 8.74. The van der Waals surface area contributed by atoms with Gasteiger partial charge in [0.2, 0.25) is 5.91 Å². The van der Waals surface area contributed by atoms with Gasteiger partial charge in [0.25, 0.3) is 0 Å². The zero-order valence-electron chi connectivity index (χ0n) is 14.2. The summed E-state index contributed by atoms with van der Waals surface area (Å²) in [5.41, 5.74) is 2.22. The van der Waals surface area contributed by atoms with Gasteiger partial charge < -0.3 is 20.0 Å². The molecule has 2 aromatic rings. The van der Waals surface area contributed by atoms with Gasteiger partial charge in [0.05, 0.1) is 23.2 Å². The first-order valence-electron chi connectivity index (χ1n) is 8.74. The summed E-state index contributed by atoms with van der Waals surface area (Å²) in [5.74, 6) is -0.0699. The molecule has 0 aliphatic heterocycles. The Morgan fingerprint density at radius 2 is 2.00 bits per heavy atom. The molecule has 1 fully saturated rings. The largest absolute Gasteiger partial charge is 0.365 e. The summed E-state index contributed by atoms with van der Waals surface area (Å²) in [6.07, 6.45) is 4.97. The lowest BCUT2D eigenvalue weighted by Crippen LogP contribution is -2.39. The average Bonchev–Trinajstić information content (AvgIpc) is 3.19. The maximum Gasteiger partial charge on any atom is 0.323 e. The second-order valence-corrected chi connectivity index (χ2v) is 6.55. The Bertz CT molecular complexity index is 758. The Kier molecular flexibility index (Phi) is 5.04. The van der Waals surface area contributed by atoms with E-state index in [0.29, 0.717) is 6.42 Å². The third kappa shape index (κ3) is 3.70. The molecule has 6 nitrogen and oxygen atoms in total. The highest BCUT2D eigenvalue weighted by atomic mass is 16.5. The highest BCUT2D eigenvalue weighted by molar-refractivity contribution is 5.81. The number of fused-ring (bicyclic) bond motifs is 1. The Labute approximate surface area is 141 Å². The lowest BCUT2D eigenvalue weighted by molar-refractivity contribution is -0.137. The number of aromatic nitrogens is 2. The molecule has 6 heteroatoms. The quantitative estimate of drug-likeness (QED) is 0.760. The first-order chi connectivity index (χ1) is 11.6. The van der Waals surface area contributed by atoms with Crippen LogP contribution in [0.3, 0.4) is 0 Å². The van der Waals surface area contributed by atoms with E-state index < -0.39 is 6.10 Å². The summed E-state index contributed by atoms with van der Waals surface area (Å²) in [6, 6.07) is 5.49. The summed E-state index contributed by atoms with van der Waals surface area (Å²) in [7, 11) is 0. The zero-order chi connectivity index (χ0) is 17.1. The molecular formula is C18H25N3O3. The van der Waals surface area contributed by atoms with Crippen LogP contribution < -0.4 is 11.0 Å². The molecule has 2 atom stereocenters. The Hall–Kier alpha value is -2.08. The number of imidazole rings is 1. The monoisotopic (exact) mass is 331 g/mol. The predicted molar refractivity (Wildman–Crippen MR) is 92.9 cm³/mol. The number of benzene rings is 1. The van der Waals surface area contributed by atoms with Crippen molar-refractivity contribution in [1.82, 2.24) is 15.3 Å². The van der Waals surface area contributed by atoms with Crippen LogP contribution in [0.4, 0.5) is 0 Å². The third-order valence-corrected chi connectivity index (χ3v) is 4.72. The number of nitrogens with one attached hydrogen (secondary N) is 3. The highest BCUT2D eigenvalue weighted by Gasteiger charge is 2.25. The van der Waals surface area contributed by atoms with Crippen LogP contribution in [-0.4, -0.2) is 28.1 Å². The normalized spacial score (nSPS) is 17.9. The maximum absolute atomic E-state index is 12.5. The molecule has 1 heterocycles. The molecule has 0 unspecified atom stereocenters. The molecule has 1 aromatic carbocycles. The molecule has 1 aliphatic rings. The standard InChI is InChI=1S/C18H25N3O3/c1-3-16(24-13-6-4-5-7-13)17(22)19-11(2)12-8-9-14-15(10-12)21-18(23)20-14/h8-11,13,16H,3-7H2,1-2H3,(H,19,22)(H2,20,21,23)/t11-,16+/m1/s1. The van der Waals surface area contributed by atoms with E-state index in [1.807, 2.05) is 32.0 Å². The highest BCUT2D eigenvalue weighted by Crippen LogP contribution is 2.23. The van der Waals surface area contributed by atoms with Crippen molar-refractivity contribution >= 4 is 16.9 Å². The van der Waals surface area contributed by atoms with Crippen molar-refractivity contribution in [2.24, 2.45) is 0 Å². The fourth-order valence-corrected chi connectivity index (χ4v) is 3.31. The van der Waals surface area contributed by atoms with Gasteiger partial charge >= 0.3 is 5.69 Å². The van der Waals surface area contributed by atoms with Gasteiger partial charge in [-0.25, -0.2) is 4.79 Å². The number of carbonyl (C=O) groups is 1. The SMILES string of the molecule is CC[C@H](OC1CCCC1)C(=O)N[C@H](C)c1ccc2[nH]c(=O)[nH]c2c1. The second-order valence-electron chi connectivity index (χ2n) is 6.55. The molecular weight excluding hydrogens is 306 g/mol. The Morgan fingerprint density at radius 3 is 2.71 bits per heavy atom. The smallest absolute Gasteiger partial charge is 0.323 e. The van der Waals surface area contributed by atoms with E-state index in [1.165, 1.54) is 12.8 Å². The van der Waals surface area contributed by atoms with Crippen molar-refractivity contribution in [2.75, 3.05) is 0 Å². The lowest BCUT2D eigenvalue weighted by Gasteiger charge is -2.23. The van der Waals surface area contributed by atoms with Crippen LogP contribution in [0.15, 0.2) is 23.0 Å². The minimum absolute atomic E-state index is 0.0699. The van der Waals surface area contributed by atoms with Crippen LogP contribution in [0, 0.1) is 0 Å². The van der Waals surface area contributed by atoms with E-state index in [4.69, 9.17) is 4.74 Å². The molecule has 0 saturated heterocycles. The van der Waals surface area contributed by atoms with E-state index in [1.54, 1.807) is 0 Å². The van der Waals surface area contributed by atoms with Gasteiger partial charge in [-0.1, -0.05) is 25.8 Å². The third-order valence-electron chi connectivity index (χ3n) is 4.72. The molecule has 24 heavy (non-hydrogen) atoms. The van der Waals surface area contributed by atoms with Crippen LogP contribution in [0.25, 0.3) is 11.0 Å². The zero-order valence-corrected chi connectivity index (χ0v) is 14.2. The number of hydrogen-bond acceptors (Lipinski definition) is 3. The maximum atomic E-state index is 12.5. The average molecular weight is 331 g/mol. The van der Waals surface area contributed by atoms with Crippen LogP contribution in [0.2, 0.25) is 0 Å². The van der Waals surface area contributed by atoms with Gasteiger partial charge in [0.15, 0.2) is 0 Å². The fraction of sp³-hybridized carbons (Fsp3) is 0.556. The van der Waals surface area contributed by atoms with E-state index in [-0.39, 0.29) is 23.7 Å². The molecule has 1 amide bonds. The van der Waals surface area contributed by atoms with Gasteiger partial charge in [0.1, 0.15) is 6.10 Å². The molecule has 1 saturated carbocycles. The predicted octanol–water partition coefficient (Wildman–Crippen LogP) is 2.77. The Balaban J connectivity index is 1.65. The van der Waals surface area contributed by atoms with Crippen molar-refractivity contribution in [3.63, 3.8) is 0 Å². The van der Waals surface area contributed by atoms with Gasteiger partial charge in [-0.3, -0.25) is 4.79 Å². The summed E-state index contributed by atoms with van der Waals surface area (Å²) in [6.45, 7) is 3.91. The lowest BCUT2D eigenvalue weighted by atomic mass is 10.1. The molecule has 130 valence electrons. The van der Waals surface area contributed by atoms with Gasteiger partial charge in [-0.05, 0) is 43.9 Å². The van der Waals surface area contributed by atoms with Gasteiger partial charge in [-0.2, -0.15) is 0 Å². The topological polar surface area (TPSA) is 87.0 Å².